The van der Waals surface area contributed by atoms with Crippen LogP contribution in [0.3, 0.4) is 0 Å². The van der Waals surface area contributed by atoms with Gasteiger partial charge >= 0.3 is 10.1 Å². The van der Waals surface area contributed by atoms with Gasteiger partial charge in [-0.05, 0) is 42.8 Å². The summed E-state index contributed by atoms with van der Waals surface area (Å²) in [7, 11) is -4.01. The molecule has 3 aromatic rings. The molecule has 0 fully saturated rings. The number of aromatic nitrogens is 1. The van der Waals surface area contributed by atoms with Gasteiger partial charge < -0.3 is 9.50 Å². The number of hydrogen-bond acceptors (Lipinski definition) is 6. The third kappa shape index (κ3) is 4.26. The van der Waals surface area contributed by atoms with Gasteiger partial charge in [0.15, 0.2) is 5.13 Å². The largest absolute Gasteiger partial charge is 0.379 e. The number of benzene rings is 2. The van der Waals surface area contributed by atoms with E-state index in [0.717, 1.165) is 46.9 Å². The summed E-state index contributed by atoms with van der Waals surface area (Å²) in [6, 6.07) is 9.41. The van der Waals surface area contributed by atoms with E-state index in [9.17, 15) is 12.8 Å². The van der Waals surface area contributed by atoms with Crippen molar-refractivity contribution >= 4 is 36.8 Å². The summed E-state index contributed by atoms with van der Waals surface area (Å²) in [4.78, 5) is 4.35. The van der Waals surface area contributed by atoms with E-state index in [-0.39, 0.29) is 10.6 Å². The number of fused-ring (bicyclic) bond motifs is 1. The highest BCUT2D eigenvalue weighted by atomic mass is 32.2. The normalized spacial score (nSPS) is 11.6. The summed E-state index contributed by atoms with van der Waals surface area (Å²) in [5.41, 5.74) is 0.774. The lowest BCUT2D eigenvalue weighted by molar-refractivity contribution is 0.486. The molecule has 0 saturated heterocycles. The molecule has 0 amide bonds. The Kier molecular flexibility index (Phi) is 5.19. The molecule has 0 unspecified atom stereocenters. The first kappa shape index (κ1) is 17.6. The fourth-order valence-electron chi connectivity index (χ4n) is 2.18. The standard InChI is InChI=1S/C17H17FN2O3S2/c1-2-3-10-19-17-20-15-9-6-13(11-16(15)24-17)23-25(21,22)14-7-4-12(18)5-8-14/h4-9,11H,2-3,10H2,1H3,(H,19,20). The molecule has 0 spiro atoms. The first-order valence-corrected chi connectivity index (χ1v) is 10.0. The Hall–Kier alpha value is -2.19. The van der Waals surface area contributed by atoms with E-state index >= 15 is 0 Å². The molecule has 0 saturated carbocycles. The smallest absolute Gasteiger partial charge is 0.339 e. The predicted octanol–water partition coefficient (Wildman–Crippen LogP) is 4.42. The minimum atomic E-state index is -4.01. The Labute approximate surface area is 149 Å². The summed E-state index contributed by atoms with van der Waals surface area (Å²) >= 11 is 1.44. The van der Waals surface area contributed by atoms with E-state index in [2.05, 4.69) is 17.2 Å². The van der Waals surface area contributed by atoms with Crippen molar-refractivity contribution in [1.82, 2.24) is 4.98 Å². The zero-order valence-electron chi connectivity index (χ0n) is 13.5. The average Bonchev–Trinajstić information content (AvgIpc) is 2.97. The molecule has 3 rings (SSSR count). The zero-order valence-corrected chi connectivity index (χ0v) is 15.2. The van der Waals surface area contributed by atoms with Crippen molar-refractivity contribution in [2.45, 2.75) is 24.7 Å². The number of nitrogens with one attached hydrogen (secondary N) is 1. The quantitative estimate of drug-likeness (QED) is 0.486. The Bertz CT molecular complexity index is 969. The van der Waals surface area contributed by atoms with E-state index in [4.69, 9.17) is 4.18 Å². The zero-order chi connectivity index (χ0) is 17.9. The van der Waals surface area contributed by atoms with Gasteiger partial charge in [0.1, 0.15) is 16.5 Å². The SMILES string of the molecule is CCCCNc1nc2ccc(OS(=O)(=O)c3ccc(F)cc3)cc2s1. The first-order chi connectivity index (χ1) is 12.0. The molecule has 132 valence electrons. The van der Waals surface area contributed by atoms with Crippen LogP contribution in [0.15, 0.2) is 47.4 Å². The van der Waals surface area contributed by atoms with Crippen molar-refractivity contribution in [3.05, 3.63) is 48.3 Å². The molecular formula is C17H17FN2O3S2. The van der Waals surface area contributed by atoms with Crippen LogP contribution in [0, 0.1) is 5.82 Å². The fraction of sp³-hybridized carbons (Fsp3) is 0.235. The highest BCUT2D eigenvalue weighted by Gasteiger charge is 2.17. The number of rotatable bonds is 7. The van der Waals surface area contributed by atoms with Crippen LogP contribution in [0.25, 0.3) is 10.2 Å². The van der Waals surface area contributed by atoms with Gasteiger partial charge in [0.25, 0.3) is 0 Å². The first-order valence-electron chi connectivity index (χ1n) is 7.82. The summed E-state index contributed by atoms with van der Waals surface area (Å²) in [6.45, 7) is 2.96. The molecule has 0 aliphatic carbocycles. The third-order valence-electron chi connectivity index (χ3n) is 3.47. The van der Waals surface area contributed by atoms with Gasteiger partial charge in [-0.1, -0.05) is 24.7 Å². The molecule has 1 heterocycles. The van der Waals surface area contributed by atoms with Crippen LogP contribution in [-0.2, 0) is 10.1 Å². The maximum Gasteiger partial charge on any atom is 0.339 e. The molecule has 0 aliphatic rings. The van der Waals surface area contributed by atoms with Crippen molar-refractivity contribution in [1.29, 1.82) is 0 Å². The van der Waals surface area contributed by atoms with E-state index in [0.29, 0.717) is 0 Å². The van der Waals surface area contributed by atoms with Gasteiger partial charge in [0, 0.05) is 12.6 Å². The molecule has 2 aromatic carbocycles. The van der Waals surface area contributed by atoms with Crippen LogP contribution in [0.2, 0.25) is 0 Å². The fourth-order valence-corrected chi connectivity index (χ4v) is 4.02. The van der Waals surface area contributed by atoms with Gasteiger partial charge in [0.05, 0.1) is 10.2 Å². The number of unbranched alkanes of at least 4 members (excludes halogenated alkanes) is 1. The van der Waals surface area contributed by atoms with Gasteiger partial charge in [-0.15, -0.1) is 0 Å². The molecule has 0 radical (unpaired) electrons. The van der Waals surface area contributed by atoms with Crippen LogP contribution in [-0.4, -0.2) is 19.9 Å². The van der Waals surface area contributed by atoms with E-state index < -0.39 is 15.9 Å². The summed E-state index contributed by atoms with van der Waals surface area (Å²) in [5, 5.41) is 4.04. The monoisotopic (exact) mass is 380 g/mol. The highest BCUT2D eigenvalue weighted by Crippen LogP contribution is 2.30. The maximum atomic E-state index is 12.9. The lowest BCUT2D eigenvalue weighted by atomic mass is 10.3. The van der Waals surface area contributed by atoms with Crippen LogP contribution in [0.1, 0.15) is 19.8 Å². The summed E-state index contributed by atoms with van der Waals surface area (Å²) in [6.07, 6.45) is 2.15. The average molecular weight is 380 g/mol. The Morgan fingerprint density at radius 3 is 2.68 bits per heavy atom. The second-order valence-corrected chi connectivity index (χ2v) is 8.00. The molecule has 0 bridgehead atoms. The van der Waals surface area contributed by atoms with Crippen molar-refractivity contribution in [2.75, 3.05) is 11.9 Å². The second-order valence-electron chi connectivity index (χ2n) is 5.42. The number of hydrogen-bond donors (Lipinski definition) is 1. The molecule has 5 nitrogen and oxygen atoms in total. The van der Waals surface area contributed by atoms with Crippen LogP contribution < -0.4 is 9.50 Å². The Morgan fingerprint density at radius 2 is 1.96 bits per heavy atom. The van der Waals surface area contributed by atoms with Crippen LogP contribution >= 0.6 is 11.3 Å². The van der Waals surface area contributed by atoms with Crippen molar-refractivity contribution in [3.8, 4) is 5.75 Å². The van der Waals surface area contributed by atoms with Crippen molar-refractivity contribution in [3.63, 3.8) is 0 Å². The van der Waals surface area contributed by atoms with Crippen molar-refractivity contribution < 1.29 is 17.0 Å². The van der Waals surface area contributed by atoms with Gasteiger partial charge in [-0.2, -0.15) is 8.42 Å². The number of nitrogens with zero attached hydrogens (tertiary/aromatic N) is 1. The Morgan fingerprint density at radius 1 is 1.20 bits per heavy atom. The predicted molar refractivity (Wildman–Crippen MR) is 97.2 cm³/mol. The summed E-state index contributed by atoms with van der Waals surface area (Å²) < 4.78 is 43.4. The minimum absolute atomic E-state index is 0.0970. The van der Waals surface area contributed by atoms with Gasteiger partial charge in [-0.3, -0.25) is 0 Å². The molecular weight excluding hydrogens is 363 g/mol. The van der Waals surface area contributed by atoms with Gasteiger partial charge in [0.2, 0.25) is 0 Å². The maximum absolute atomic E-state index is 12.9. The molecule has 0 atom stereocenters. The van der Waals surface area contributed by atoms with Crippen LogP contribution in [0.4, 0.5) is 9.52 Å². The summed E-state index contributed by atoms with van der Waals surface area (Å²) in [5.74, 6) is -0.311. The third-order valence-corrected chi connectivity index (χ3v) is 5.71. The molecule has 1 aromatic heterocycles. The van der Waals surface area contributed by atoms with Crippen molar-refractivity contribution in [2.24, 2.45) is 0 Å². The lowest BCUT2D eigenvalue weighted by Crippen LogP contribution is -2.09. The molecule has 25 heavy (non-hydrogen) atoms. The molecule has 1 N–H and O–H groups in total. The van der Waals surface area contributed by atoms with E-state index in [1.165, 1.54) is 23.5 Å². The number of halogens is 1. The van der Waals surface area contributed by atoms with Gasteiger partial charge in [-0.25, -0.2) is 9.37 Å². The highest BCUT2D eigenvalue weighted by molar-refractivity contribution is 7.87. The second kappa shape index (κ2) is 7.37. The minimum Gasteiger partial charge on any atom is -0.379 e. The lowest BCUT2D eigenvalue weighted by Gasteiger charge is -2.06. The molecule has 8 heteroatoms. The topological polar surface area (TPSA) is 68.3 Å². The number of thiazole rings is 1. The molecule has 0 aliphatic heterocycles. The Balaban J connectivity index is 1.80. The van der Waals surface area contributed by atoms with E-state index in [1.54, 1.807) is 18.2 Å². The van der Waals surface area contributed by atoms with E-state index in [1.807, 2.05) is 0 Å². The number of anilines is 1. The van der Waals surface area contributed by atoms with Crippen LogP contribution in [0.5, 0.6) is 5.75 Å².